The van der Waals surface area contributed by atoms with Gasteiger partial charge in [0.25, 0.3) is 0 Å². The quantitative estimate of drug-likeness (QED) is 0.277. The molecular weight excluding hydrogens is 472 g/mol. The van der Waals surface area contributed by atoms with E-state index in [4.69, 9.17) is 18.9 Å². The summed E-state index contributed by atoms with van der Waals surface area (Å²) < 4.78 is 24.8. The molecule has 0 amide bonds. The first-order valence-corrected chi connectivity index (χ1v) is 14.1. The lowest BCUT2D eigenvalue weighted by molar-refractivity contribution is -0.238. The zero-order valence-corrected chi connectivity index (χ0v) is 22.8. The van der Waals surface area contributed by atoms with E-state index in [1.54, 1.807) is 0 Å². The van der Waals surface area contributed by atoms with Crippen LogP contribution in [0, 0.1) is 45.8 Å². The van der Waals surface area contributed by atoms with Gasteiger partial charge in [-0.3, -0.25) is 4.79 Å². The molecule has 6 rings (SSSR count). The van der Waals surface area contributed by atoms with Gasteiger partial charge in [-0.25, -0.2) is 0 Å². The number of aldehydes is 1. The summed E-state index contributed by atoms with van der Waals surface area (Å²) in [5, 5.41) is 11.1. The molecule has 7 unspecified atom stereocenters. The second-order valence-corrected chi connectivity index (χ2v) is 13.3. The van der Waals surface area contributed by atoms with E-state index in [9.17, 15) is 14.7 Å². The first kappa shape index (κ1) is 25.7. The molecule has 0 aromatic heterocycles. The minimum Gasteiger partial charge on any atom is -0.481 e. The van der Waals surface area contributed by atoms with Crippen molar-refractivity contribution in [2.75, 3.05) is 13.2 Å². The number of carboxylic acid groups (broad SMARTS) is 1. The lowest BCUT2D eigenvalue weighted by Gasteiger charge is -2.58. The molecule has 3 saturated carbocycles. The number of allylic oxidation sites excluding steroid dienone is 1. The number of carboxylic acids is 1. The SMILES string of the molecule is C=C(C)CO[C@H]1[C@@H]2O[C@@H]2[C@H](OCC23CC4C(C)CCC4C4(C=O)CC2C=C(C(C)C)C43C(=O)O)O[C@@H]1C. The third-order valence-corrected chi connectivity index (χ3v) is 11.1. The van der Waals surface area contributed by atoms with Gasteiger partial charge >= 0.3 is 5.97 Å². The average molecular weight is 515 g/mol. The van der Waals surface area contributed by atoms with Crippen molar-refractivity contribution < 1.29 is 33.6 Å². The van der Waals surface area contributed by atoms with Crippen LogP contribution < -0.4 is 0 Å². The Morgan fingerprint density at radius 3 is 2.62 bits per heavy atom. The maximum atomic E-state index is 13.6. The number of hydrogen-bond donors (Lipinski definition) is 1. The Morgan fingerprint density at radius 2 is 1.97 bits per heavy atom. The van der Waals surface area contributed by atoms with Gasteiger partial charge in [0.1, 0.15) is 30.0 Å². The molecule has 2 aliphatic heterocycles. The maximum Gasteiger partial charge on any atom is 0.315 e. The number of ether oxygens (including phenoxy) is 4. The van der Waals surface area contributed by atoms with Crippen LogP contribution in [0.15, 0.2) is 23.8 Å². The van der Waals surface area contributed by atoms with Gasteiger partial charge in [-0.15, -0.1) is 0 Å². The van der Waals surface area contributed by atoms with Crippen molar-refractivity contribution in [3.8, 4) is 0 Å². The number of fused-ring (bicyclic) bond motifs is 3. The summed E-state index contributed by atoms with van der Waals surface area (Å²) in [4.78, 5) is 26.7. The van der Waals surface area contributed by atoms with Crippen LogP contribution >= 0.6 is 0 Å². The van der Waals surface area contributed by atoms with Crippen LogP contribution in [0.4, 0.5) is 0 Å². The number of rotatable bonds is 9. The molecule has 0 radical (unpaired) electrons. The van der Waals surface area contributed by atoms with Gasteiger partial charge < -0.3 is 28.8 Å². The van der Waals surface area contributed by atoms with Gasteiger partial charge in [0.2, 0.25) is 0 Å². The van der Waals surface area contributed by atoms with Crippen LogP contribution in [-0.4, -0.2) is 61.3 Å². The predicted molar refractivity (Wildman–Crippen MR) is 136 cm³/mol. The third-order valence-electron chi connectivity index (χ3n) is 11.1. The van der Waals surface area contributed by atoms with Crippen molar-refractivity contribution in [3.63, 3.8) is 0 Å². The number of hydrogen-bond acceptors (Lipinski definition) is 6. The molecule has 37 heavy (non-hydrogen) atoms. The van der Waals surface area contributed by atoms with Gasteiger partial charge in [0, 0.05) is 5.41 Å². The van der Waals surface area contributed by atoms with Crippen LogP contribution in [0.3, 0.4) is 0 Å². The standard InChI is InChI=1S/C30H42O7/c1-15(2)12-34-23-18(6)36-26(25-24(23)37-25)35-14-29-11-20-17(5)7-8-21(20)28(13-31)10-19(29)9-22(16(3)4)30(28,29)27(32)33/h9,13,16-21,23-26H,1,7-8,10-12,14H2,2-6H3,(H,32,33)/t17?,18-,19?,20?,21?,23-,24+,25+,26-,28?,29?,30?/m1/s1. The monoisotopic (exact) mass is 514 g/mol. The number of epoxide rings is 1. The second-order valence-electron chi connectivity index (χ2n) is 13.3. The van der Waals surface area contributed by atoms with E-state index < -0.39 is 28.5 Å². The summed E-state index contributed by atoms with van der Waals surface area (Å²) in [5.41, 5.74) is -0.902. The van der Waals surface area contributed by atoms with Crippen molar-refractivity contribution in [2.24, 2.45) is 45.8 Å². The fourth-order valence-electron chi connectivity index (χ4n) is 9.72. The second kappa shape index (κ2) is 8.48. The Bertz CT molecular complexity index is 1030. The van der Waals surface area contributed by atoms with E-state index in [2.05, 4.69) is 33.4 Å². The Labute approximate surface area is 219 Å². The Balaban J connectivity index is 1.32. The largest absolute Gasteiger partial charge is 0.481 e. The van der Waals surface area contributed by atoms with E-state index in [-0.39, 0.29) is 48.8 Å². The fraction of sp³-hybridized carbons (Fsp3) is 0.800. The van der Waals surface area contributed by atoms with Gasteiger partial charge in [-0.2, -0.15) is 0 Å². The number of carbonyl (C=O) groups is 2. The molecule has 5 fully saturated rings. The first-order valence-electron chi connectivity index (χ1n) is 14.1. The van der Waals surface area contributed by atoms with Crippen LogP contribution in [0.25, 0.3) is 0 Å². The summed E-state index contributed by atoms with van der Waals surface area (Å²) in [7, 11) is 0. The van der Waals surface area contributed by atoms with Crippen LogP contribution in [0.5, 0.6) is 0 Å². The molecule has 6 aliphatic rings. The molecule has 2 heterocycles. The molecule has 4 bridgehead atoms. The summed E-state index contributed by atoms with van der Waals surface area (Å²) >= 11 is 0. The zero-order chi connectivity index (χ0) is 26.5. The highest BCUT2D eigenvalue weighted by atomic mass is 16.7. The van der Waals surface area contributed by atoms with Gasteiger partial charge in [0.15, 0.2) is 6.29 Å². The molecule has 4 aliphatic carbocycles. The molecule has 1 N–H and O–H groups in total. The van der Waals surface area contributed by atoms with E-state index in [1.807, 2.05) is 13.8 Å². The predicted octanol–water partition coefficient (Wildman–Crippen LogP) is 4.40. The van der Waals surface area contributed by atoms with Gasteiger partial charge in [0.05, 0.1) is 24.7 Å². The van der Waals surface area contributed by atoms with Crippen molar-refractivity contribution >= 4 is 12.3 Å². The summed E-state index contributed by atoms with van der Waals surface area (Å²) in [6.45, 7) is 14.9. The van der Waals surface area contributed by atoms with Crippen LogP contribution in [-0.2, 0) is 28.5 Å². The van der Waals surface area contributed by atoms with E-state index in [0.717, 1.165) is 36.7 Å². The van der Waals surface area contributed by atoms with Crippen LogP contribution in [0.1, 0.15) is 60.3 Å². The Morgan fingerprint density at radius 1 is 1.22 bits per heavy atom. The fourth-order valence-corrected chi connectivity index (χ4v) is 9.72. The summed E-state index contributed by atoms with van der Waals surface area (Å²) in [6.07, 6.45) is 5.34. The summed E-state index contributed by atoms with van der Waals surface area (Å²) in [5.74, 6) is 0.125. The topological polar surface area (TPSA) is 94.6 Å². The highest BCUT2D eigenvalue weighted by molar-refractivity contribution is 5.90. The molecule has 7 heteroatoms. The smallest absolute Gasteiger partial charge is 0.315 e. The normalized spacial score (nSPS) is 51.0. The lowest BCUT2D eigenvalue weighted by Crippen LogP contribution is -2.64. The van der Waals surface area contributed by atoms with Gasteiger partial charge in [-0.1, -0.05) is 51.0 Å². The minimum absolute atomic E-state index is 0.00702. The average Bonchev–Trinajstić information content (AvgIpc) is 3.43. The molecule has 0 aromatic carbocycles. The molecule has 2 saturated heterocycles. The maximum absolute atomic E-state index is 13.6. The van der Waals surface area contributed by atoms with Crippen molar-refractivity contribution in [1.82, 2.24) is 0 Å². The minimum atomic E-state index is -1.23. The van der Waals surface area contributed by atoms with Gasteiger partial charge in [-0.05, 0) is 62.7 Å². The van der Waals surface area contributed by atoms with Crippen molar-refractivity contribution in [2.45, 2.75) is 91.0 Å². The number of aliphatic carboxylic acids is 1. The van der Waals surface area contributed by atoms with Crippen molar-refractivity contribution in [1.29, 1.82) is 0 Å². The molecule has 0 aromatic rings. The molecular formula is C30H42O7. The Kier molecular flexibility index (Phi) is 5.89. The summed E-state index contributed by atoms with van der Waals surface area (Å²) in [6, 6.07) is 0. The number of carbonyl (C=O) groups excluding carboxylic acids is 1. The Hall–Kier alpha value is -1.54. The molecule has 7 nitrogen and oxygen atoms in total. The zero-order valence-electron chi connectivity index (χ0n) is 22.8. The van der Waals surface area contributed by atoms with E-state index in [0.29, 0.717) is 24.9 Å². The molecule has 0 spiro atoms. The highest BCUT2D eigenvalue weighted by Gasteiger charge is 2.84. The van der Waals surface area contributed by atoms with E-state index >= 15 is 0 Å². The van der Waals surface area contributed by atoms with Crippen LogP contribution in [0.2, 0.25) is 0 Å². The highest BCUT2D eigenvalue weighted by Crippen LogP contribution is 2.82. The first-order chi connectivity index (χ1) is 17.5. The molecule has 12 atom stereocenters. The lowest BCUT2D eigenvalue weighted by atomic mass is 9.43. The molecule has 204 valence electrons. The third kappa shape index (κ3) is 3.14. The van der Waals surface area contributed by atoms with Crippen molar-refractivity contribution in [3.05, 3.63) is 23.8 Å². The van der Waals surface area contributed by atoms with E-state index in [1.165, 1.54) is 0 Å².